The Labute approximate surface area is 142 Å². The fourth-order valence-corrected chi connectivity index (χ4v) is 3.37. The molecule has 0 bridgehead atoms. The van der Waals surface area contributed by atoms with Gasteiger partial charge in [0.25, 0.3) is 5.56 Å². The zero-order valence-electron chi connectivity index (χ0n) is 13.6. The van der Waals surface area contributed by atoms with Crippen molar-refractivity contribution in [2.24, 2.45) is 0 Å². The van der Waals surface area contributed by atoms with Crippen LogP contribution in [0.3, 0.4) is 0 Å². The number of carbonyl (C=O) groups excluding carboxylic acids is 1. The first-order chi connectivity index (χ1) is 11.7. The molecule has 0 aliphatic carbocycles. The Bertz CT molecular complexity index is 945. The molecule has 2 heterocycles. The SMILES string of the molecule is CCCCOc1ccc2c(c1)sc1ncc(C(=O)OCC)c(=O)n12. The van der Waals surface area contributed by atoms with Crippen molar-refractivity contribution in [2.45, 2.75) is 26.7 Å². The topological polar surface area (TPSA) is 69.9 Å². The number of aromatic nitrogens is 2. The van der Waals surface area contributed by atoms with Gasteiger partial charge in [0.05, 0.1) is 29.6 Å². The fourth-order valence-electron chi connectivity index (χ4n) is 2.36. The number of benzene rings is 1. The quantitative estimate of drug-likeness (QED) is 0.506. The fraction of sp³-hybridized carbons (Fsp3) is 0.353. The standard InChI is InChI=1S/C17H18N2O4S/c1-3-5-8-23-11-6-7-13-14(9-11)24-17-18-10-12(15(20)19(13)17)16(21)22-4-2/h6-7,9-10H,3-5,8H2,1-2H3. The maximum Gasteiger partial charge on any atom is 0.345 e. The second-order valence-electron chi connectivity index (χ2n) is 5.25. The maximum atomic E-state index is 12.6. The summed E-state index contributed by atoms with van der Waals surface area (Å²) in [5, 5.41) is 0. The van der Waals surface area contributed by atoms with Crippen LogP contribution < -0.4 is 10.3 Å². The molecule has 24 heavy (non-hydrogen) atoms. The van der Waals surface area contributed by atoms with E-state index < -0.39 is 11.5 Å². The van der Waals surface area contributed by atoms with Crippen molar-refractivity contribution in [3.8, 4) is 5.75 Å². The van der Waals surface area contributed by atoms with E-state index in [1.54, 1.807) is 6.92 Å². The molecule has 0 amide bonds. The number of hydrogen-bond donors (Lipinski definition) is 0. The van der Waals surface area contributed by atoms with Gasteiger partial charge in [0.2, 0.25) is 0 Å². The van der Waals surface area contributed by atoms with E-state index in [1.807, 2.05) is 18.2 Å². The smallest absolute Gasteiger partial charge is 0.345 e. The number of nitrogens with zero attached hydrogens (tertiary/aromatic N) is 2. The molecule has 6 nitrogen and oxygen atoms in total. The number of ether oxygens (including phenoxy) is 2. The van der Waals surface area contributed by atoms with E-state index in [2.05, 4.69) is 11.9 Å². The van der Waals surface area contributed by atoms with E-state index in [1.165, 1.54) is 21.9 Å². The first-order valence-corrected chi connectivity index (χ1v) is 8.71. The molecule has 0 atom stereocenters. The van der Waals surface area contributed by atoms with Gasteiger partial charge in [-0.2, -0.15) is 0 Å². The highest BCUT2D eigenvalue weighted by Gasteiger charge is 2.17. The van der Waals surface area contributed by atoms with Crippen LogP contribution in [-0.4, -0.2) is 28.6 Å². The van der Waals surface area contributed by atoms with Gasteiger partial charge in [0.15, 0.2) is 4.96 Å². The Hall–Kier alpha value is -2.41. The number of carbonyl (C=O) groups is 1. The second kappa shape index (κ2) is 7.00. The first-order valence-electron chi connectivity index (χ1n) is 7.90. The van der Waals surface area contributed by atoms with Gasteiger partial charge in [0.1, 0.15) is 11.3 Å². The van der Waals surface area contributed by atoms with Crippen LogP contribution >= 0.6 is 11.3 Å². The highest BCUT2D eigenvalue weighted by atomic mass is 32.1. The third-order valence-electron chi connectivity index (χ3n) is 3.56. The molecule has 0 aliphatic heterocycles. The highest BCUT2D eigenvalue weighted by molar-refractivity contribution is 7.23. The van der Waals surface area contributed by atoms with Crippen LogP contribution in [0.1, 0.15) is 37.0 Å². The van der Waals surface area contributed by atoms with Crippen molar-refractivity contribution < 1.29 is 14.3 Å². The molecule has 2 aromatic heterocycles. The molecule has 0 unspecified atom stereocenters. The van der Waals surface area contributed by atoms with Crippen LogP contribution in [0.15, 0.2) is 29.2 Å². The molecule has 7 heteroatoms. The molecule has 3 aromatic rings. The lowest BCUT2D eigenvalue weighted by atomic mass is 10.3. The molecule has 3 rings (SSSR count). The zero-order valence-corrected chi connectivity index (χ0v) is 14.4. The van der Waals surface area contributed by atoms with Crippen LogP contribution in [0.5, 0.6) is 5.75 Å². The lowest BCUT2D eigenvalue weighted by Gasteiger charge is -2.05. The molecule has 0 saturated heterocycles. The summed E-state index contributed by atoms with van der Waals surface area (Å²) in [6.45, 7) is 4.68. The predicted molar refractivity (Wildman–Crippen MR) is 93.2 cm³/mol. The van der Waals surface area contributed by atoms with Crippen molar-refractivity contribution in [2.75, 3.05) is 13.2 Å². The van der Waals surface area contributed by atoms with Crippen molar-refractivity contribution in [3.63, 3.8) is 0 Å². The molecule has 126 valence electrons. The predicted octanol–water partition coefficient (Wildman–Crippen LogP) is 3.26. The van der Waals surface area contributed by atoms with Gasteiger partial charge in [-0.1, -0.05) is 24.7 Å². The van der Waals surface area contributed by atoms with E-state index >= 15 is 0 Å². The second-order valence-corrected chi connectivity index (χ2v) is 6.26. The van der Waals surface area contributed by atoms with Gasteiger partial charge in [-0.05, 0) is 31.5 Å². The highest BCUT2D eigenvalue weighted by Crippen LogP contribution is 2.28. The van der Waals surface area contributed by atoms with Gasteiger partial charge in [-0.15, -0.1) is 0 Å². The van der Waals surface area contributed by atoms with Gasteiger partial charge in [-0.25, -0.2) is 9.78 Å². The maximum absolute atomic E-state index is 12.6. The monoisotopic (exact) mass is 346 g/mol. The van der Waals surface area contributed by atoms with Gasteiger partial charge in [0, 0.05) is 0 Å². The minimum atomic E-state index is -0.650. The van der Waals surface area contributed by atoms with Gasteiger partial charge in [-0.3, -0.25) is 9.20 Å². The Morgan fingerprint density at radius 1 is 1.33 bits per heavy atom. The molecule has 0 radical (unpaired) electrons. The molecule has 1 aromatic carbocycles. The molecule has 0 fully saturated rings. The molecule has 0 aliphatic rings. The summed E-state index contributed by atoms with van der Waals surface area (Å²) in [5.41, 5.74) is 0.239. The molecular formula is C17H18N2O4S. The Kier molecular flexibility index (Phi) is 4.80. The molecular weight excluding hydrogens is 328 g/mol. The van der Waals surface area contributed by atoms with Crippen LogP contribution in [0.2, 0.25) is 0 Å². The Morgan fingerprint density at radius 3 is 2.92 bits per heavy atom. The number of rotatable bonds is 6. The lowest BCUT2D eigenvalue weighted by molar-refractivity contribution is 0.0523. The number of unbranched alkanes of at least 4 members (excludes halogenated alkanes) is 1. The largest absolute Gasteiger partial charge is 0.494 e. The summed E-state index contributed by atoms with van der Waals surface area (Å²) in [6.07, 6.45) is 3.35. The number of thiazole rings is 1. The third kappa shape index (κ3) is 2.99. The molecule has 0 saturated carbocycles. The van der Waals surface area contributed by atoms with Crippen LogP contribution in [0, 0.1) is 0 Å². The van der Waals surface area contributed by atoms with E-state index in [4.69, 9.17) is 9.47 Å². The van der Waals surface area contributed by atoms with Crippen molar-refractivity contribution >= 4 is 32.5 Å². The normalized spacial score (nSPS) is 11.1. The summed E-state index contributed by atoms with van der Waals surface area (Å²) < 4.78 is 12.9. The summed E-state index contributed by atoms with van der Waals surface area (Å²) in [4.78, 5) is 29.3. The van der Waals surface area contributed by atoms with Gasteiger partial charge < -0.3 is 9.47 Å². The third-order valence-corrected chi connectivity index (χ3v) is 4.58. The summed E-state index contributed by atoms with van der Waals surface area (Å²) >= 11 is 1.38. The molecule has 0 spiro atoms. The summed E-state index contributed by atoms with van der Waals surface area (Å²) in [7, 11) is 0. The van der Waals surface area contributed by atoms with Crippen molar-refractivity contribution in [3.05, 3.63) is 40.3 Å². The Balaban J connectivity index is 2.06. The average Bonchev–Trinajstić information content (AvgIpc) is 2.94. The van der Waals surface area contributed by atoms with E-state index in [0.717, 1.165) is 23.3 Å². The van der Waals surface area contributed by atoms with Gasteiger partial charge >= 0.3 is 5.97 Å². The van der Waals surface area contributed by atoms with Crippen LogP contribution in [0.4, 0.5) is 0 Å². The number of fused-ring (bicyclic) bond motifs is 3. The van der Waals surface area contributed by atoms with E-state index in [0.29, 0.717) is 17.1 Å². The number of esters is 1. The summed E-state index contributed by atoms with van der Waals surface area (Å²) in [6, 6.07) is 5.54. The van der Waals surface area contributed by atoms with Crippen LogP contribution in [-0.2, 0) is 4.74 Å². The summed E-state index contributed by atoms with van der Waals surface area (Å²) in [5.74, 6) is 0.115. The minimum Gasteiger partial charge on any atom is -0.494 e. The number of hydrogen-bond acceptors (Lipinski definition) is 6. The lowest BCUT2D eigenvalue weighted by Crippen LogP contribution is -2.23. The minimum absolute atomic E-state index is 0.0580. The average molecular weight is 346 g/mol. The van der Waals surface area contributed by atoms with E-state index in [-0.39, 0.29) is 12.2 Å². The van der Waals surface area contributed by atoms with Crippen LogP contribution in [0.25, 0.3) is 15.2 Å². The van der Waals surface area contributed by atoms with Crippen molar-refractivity contribution in [1.82, 2.24) is 9.38 Å². The Morgan fingerprint density at radius 2 is 2.17 bits per heavy atom. The molecule has 0 N–H and O–H groups in total. The first kappa shape index (κ1) is 16.4. The van der Waals surface area contributed by atoms with E-state index in [9.17, 15) is 9.59 Å². The van der Waals surface area contributed by atoms with Crippen molar-refractivity contribution in [1.29, 1.82) is 0 Å². The zero-order chi connectivity index (χ0) is 17.1.